The van der Waals surface area contributed by atoms with Gasteiger partial charge in [0.1, 0.15) is 5.75 Å². The average Bonchev–Trinajstić information content (AvgIpc) is 2.97. The van der Waals surface area contributed by atoms with E-state index in [1.807, 2.05) is 27.7 Å². The Balaban J connectivity index is 2.04. The number of hydrogen-bond acceptors (Lipinski definition) is 5. The Morgan fingerprint density at radius 2 is 1.90 bits per heavy atom. The van der Waals surface area contributed by atoms with Gasteiger partial charge < -0.3 is 9.26 Å². The van der Waals surface area contributed by atoms with Gasteiger partial charge in [-0.15, -0.1) is 0 Å². The molecule has 2 rings (SSSR count). The predicted molar refractivity (Wildman–Crippen MR) is 78.5 cm³/mol. The third kappa shape index (κ3) is 3.68. The van der Waals surface area contributed by atoms with E-state index in [9.17, 15) is 4.79 Å². The van der Waals surface area contributed by atoms with Crippen molar-refractivity contribution in [3.63, 3.8) is 0 Å². The number of aromatic nitrogens is 2. The highest BCUT2D eigenvalue weighted by Gasteiger charge is 2.17. The molecule has 112 valence electrons. The Kier molecular flexibility index (Phi) is 4.73. The second kappa shape index (κ2) is 6.52. The molecule has 1 atom stereocenters. The highest BCUT2D eigenvalue weighted by molar-refractivity contribution is 5.95. The first-order valence-electron chi connectivity index (χ1n) is 7.14. The summed E-state index contributed by atoms with van der Waals surface area (Å²) in [5.74, 6) is 2.12. The maximum Gasteiger partial charge on any atom is 0.267 e. The molecule has 0 bridgehead atoms. The van der Waals surface area contributed by atoms with Crippen molar-refractivity contribution in [3.8, 4) is 5.75 Å². The molecule has 2 aromatic rings. The topological polar surface area (TPSA) is 65.2 Å². The van der Waals surface area contributed by atoms with Gasteiger partial charge in [0.2, 0.25) is 0 Å². The van der Waals surface area contributed by atoms with Crippen molar-refractivity contribution in [2.75, 3.05) is 0 Å². The largest absolute Gasteiger partial charge is 0.481 e. The molecular weight excluding hydrogens is 268 g/mol. The van der Waals surface area contributed by atoms with Crippen LogP contribution in [-0.4, -0.2) is 15.9 Å². The molecule has 0 N–H and O–H groups in total. The Morgan fingerprint density at radius 1 is 1.24 bits per heavy atom. The zero-order chi connectivity index (χ0) is 15.4. The summed E-state index contributed by atoms with van der Waals surface area (Å²) in [7, 11) is 0. The molecule has 1 aromatic heterocycles. The van der Waals surface area contributed by atoms with Gasteiger partial charge in [-0.2, -0.15) is 4.98 Å². The summed E-state index contributed by atoms with van der Waals surface area (Å²) in [6.07, 6.45) is 0.161. The highest BCUT2D eigenvalue weighted by Crippen LogP contribution is 2.22. The molecule has 0 amide bonds. The molecule has 5 heteroatoms. The molecule has 0 radical (unpaired) electrons. The normalized spacial score (nSPS) is 12.4. The fraction of sp³-hybridized carbons (Fsp3) is 0.438. The summed E-state index contributed by atoms with van der Waals surface area (Å²) in [4.78, 5) is 15.9. The maximum absolute atomic E-state index is 11.6. The van der Waals surface area contributed by atoms with Gasteiger partial charge in [-0.05, 0) is 31.2 Å². The van der Waals surface area contributed by atoms with Gasteiger partial charge in [-0.25, -0.2) is 0 Å². The molecule has 0 spiro atoms. The number of ether oxygens (including phenoxy) is 1. The van der Waals surface area contributed by atoms with E-state index < -0.39 is 0 Å². The van der Waals surface area contributed by atoms with Crippen molar-refractivity contribution in [3.05, 3.63) is 41.5 Å². The molecule has 0 aliphatic carbocycles. The number of Topliss-reactive ketones (excluding diaryl/α,β-unsaturated/α-hetero) is 1. The molecule has 5 nitrogen and oxygen atoms in total. The van der Waals surface area contributed by atoms with Gasteiger partial charge in [0.05, 0.1) is 0 Å². The van der Waals surface area contributed by atoms with Crippen molar-refractivity contribution in [1.29, 1.82) is 0 Å². The van der Waals surface area contributed by atoms with Crippen LogP contribution < -0.4 is 4.74 Å². The van der Waals surface area contributed by atoms with Crippen LogP contribution in [0.4, 0.5) is 0 Å². The van der Waals surface area contributed by atoms with Crippen molar-refractivity contribution in [2.24, 2.45) is 0 Å². The third-order valence-electron chi connectivity index (χ3n) is 3.13. The van der Waals surface area contributed by atoms with Crippen molar-refractivity contribution >= 4 is 5.78 Å². The van der Waals surface area contributed by atoms with Crippen LogP contribution in [0.5, 0.6) is 5.75 Å². The molecule has 0 aliphatic heterocycles. The van der Waals surface area contributed by atoms with E-state index in [0.29, 0.717) is 29.4 Å². The fourth-order valence-electron chi connectivity index (χ4n) is 1.82. The van der Waals surface area contributed by atoms with E-state index >= 15 is 0 Å². The summed E-state index contributed by atoms with van der Waals surface area (Å²) in [5, 5.41) is 3.92. The number of carbonyl (C=O) groups is 1. The standard InChI is InChI=1S/C16H20N2O3/c1-5-14(19)12-6-8-13(9-7-12)20-11(4)16-17-15(10(2)3)18-21-16/h6-11H,5H2,1-4H3/t11-/m1/s1. The van der Waals surface area contributed by atoms with E-state index in [2.05, 4.69) is 10.1 Å². The Bertz CT molecular complexity index is 602. The van der Waals surface area contributed by atoms with Gasteiger partial charge in [0, 0.05) is 17.9 Å². The third-order valence-corrected chi connectivity index (χ3v) is 3.13. The van der Waals surface area contributed by atoms with E-state index in [1.165, 1.54) is 0 Å². The Morgan fingerprint density at radius 3 is 2.43 bits per heavy atom. The zero-order valence-corrected chi connectivity index (χ0v) is 12.8. The second-order valence-corrected chi connectivity index (χ2v) is 5.21. The second-order valence-electron chi connectivity index (χ2n) is 5.21. The lowest BCUT2D eigenvalue weighted by Gasteiger charge is -2.11. The number of carbonyl (C=O) groups excluding carboxylic acids is 1. The smallest absolute Gasteiger partial charge is 0.267 e. The molecule has 0 saturated heterocycles. The predicted octanol–water partition coefficient (Wildman–Crippen LogP) is 3.93. The Labute approximate surface area is 124 Å². The summed E-state index contributed by atoms with van der Waals surface area (Å²) in [6, 6.07) is 7.08. The number of nitrogens with zero attached hydrogens (tertiary/aromatic N) is 2. The summed E-state index contributed by atoms with van der Waals surface area (Å²) >= 11 is 0. The lowest BCUT2D eigenvalue weighted by molar-refractivity contribution is 0.0988. The quantitative estimate of drug-likeness (QED) is 0.753. The summed E-state index contributed by atoms with van der Waals surface area (Å²) in [6.45, 7) is 7.70. The van der Waals surface area contributed by atoms with Crippen LogP contribution in [-0.2, 0) is 0 Å². The molecule has 0 saturated carbocycles. The summed E-state index contributed by atoms with van der Waals surface area (Å²) < 4.78 is 11.0. The fourth-order valence-corrected chi connectivity index (χ4v) is 1.82. The Hall–Kier alpha value is -2.17. The van der Waals surface area contributed by atoms with Crippen LogP contribution in [0.2, 0.25) is 0 Å². The van der Waals surface area contributed by atoms with Gasteiger partial charge >= 0.3 is 0 Å². The molecule has 0 fully saturated rings. The monoisotopic (exact) mass is 288 g/mol. The first-order valence-corrected chi connectivity index (χ1v) is 7.14. The van der Waals surface area contributed by atoms with E-state index in [1.54, 1.807) is 24.3 Å². The SMILES string of the molecule is CCC(=O)c1ccc(O[C@H](C)c2nc(C(C)C)no2)cc1. The molecular formula is C16H20N2O3. The molecule has 1 heterocycles. The minimum Gasteiger partial charge on any atom is -0.481 e. The lowest BCUT2D eigenvalue weighted by Crippen LogP contribution is -2.04. The van der Waals surface area contributed by atoms with Gasteiger partial charge in [-0.3, -0.25) is 4.79 Å². The highest BCUT2D eigenvalue weighted by atomic mass is 16.5. The average molecular weight is 288 g/mol. The van der Waals surface area contributed by atoms with Crippen LogP contribution in [0.15, 0.2) is 28.8 Å². The van der Waals surface area contributed by atoms with Crippen LogP contribution in [0.3, 0.4) is 0 Å². The lowest BCUT2D eigenvalue weighted by atomic mass is 10.1. The minimum absolute atomic E-state index is 0.119. The van der Waals surface area contributed by atoms with E-state index in [4.69, 9.17) is 9.26 Å². The first-order chi connectivity index (χ1) is 10.0. The zero-order valence-electron chi connectivity index (χ0n) is 12.8. The van der Waals surface area contributed by atoms with Crippen molar-refractivity contribution < 1.29 is 14.1 Å². The molecule has 21 heavy (non-hydrogen) atoms. The van der Waals surface area contributed by atoms with Crippen molar-refractivity contribution in [1.82, 2.24) is 10.1 Å². The first kappa shape index (κ1) is 15.2. The van der Waals surface area contributed by atoms with Gasteiger partial charge in [-0.1, -0.05) is 25.9 Å². The van der Waals surface area contributed by atoms with Gasteiger partial charge in [0.15, 0.2) is 17.7 Å². The number of ketones is 1. The van der Waals surface area contributed by atoms with Crippen LogP contribution in [0.1, 0.15) is 68.2 Å². The number of rotatable bonds is 6. The molecule has 0 aliphatic rings. The summed E-state index contributed by atoms with van der Waals surface area (Å²) in [5.41, 5.74) is 0.692. The minimum atomic E-state index is -0.335. The van der Waals surface area contributed by atoms with Crippen LogP contribution >= 0.6 is 0 Å². The number of benzene rings is 1. The van der Waals surface area contributed by atoms with E-state index in [0.717, 1.165) is 0 Å². The van der Waals surface area contributed by atoms with Crippen molar-refractivity contribution in [2.45, 2.75) is 46.1 Å². The van der Waals surface area contributed by atoms with Gasteiger partial charge in [0.25, 0.3) is 5.89 Å². The van der Waals surface area contributed by atoms with Crippen LogP contribution in [0, 0.1) is 0 Å². The molecule has 0 unspecified atom stereocenters. The van der Waals surface area contributed by atoms with E-state index in [-0.39, 0.29) is 17.8 Å². The maximum atomic E-state index is 11.6. The molecule has 1 aromatic carbocycles. The van der Waals surface area contributed by atoms with Crippen LogP contribution in [0.25, 0.3) is 0 Å². The number of hydrogen-bond donors (Lipinski definition) is 0.